The Labute approximate surface area is 221 Å². The fourth-order valence-corrected chi connectivity index (χ4v) is 3.79. The number of halogens is 2. The lowest BCUT2D eigenvalue weighted by molar-refractivity contribution is -0.133. The van der Waals surface area contributed by atoms with Crippen LogP contribution in [0.4, 0.5) is 5.69 Å². The highest BCUT2D eigenvalue weighted by molar-refractivity contribution is 6.38. The smallest absolute Gasteiger partial charge is 0.261 e. The summed E-state index contributed by atoms with van der Waals surface area (Å²) in [6.45, 7) is 16.0. The van der Waals surface area contributed by atoms with Crippen molar-refractivity contribution in [2.45, 2.75) is 86.2 Å². The lowest BCUT2D eigenvalue weighted by Gasteiger charge is -2.21. The molecule has 2 aromatic carbocycles. The van der Waals surface area contributed by atoms with Gasteiger partial charge in [0.15, 0.2) is 11.4 Å². The topological polar surface area (TPSA) is 66.4 Å². The van der Waals surface area contributed by atoms with Crippen LogP contribution in [0.3, 0.4) is 0 Å². The van der Waals surface area contributed by atoms with Crippen molar-refractivity contribution in [2.24, 2.45) is 0 Å². The number of nitrogens with one attached hydrogen (secondary N) is 1. The van der Waals surface area contributed by atoms with E-state index in [1.165, 1.54) is 30.5 Å². The van der Waals surface area contributed by atoms with E-state index in [0.717, 1.165) is 0 Å². The second-order valence-corrected chi connectivity index (χ2v) is 8.07. The maximum atomic E-state index is 12.6. The summed E-state index contributed by atoms with van der Waals surface area (Å²) in [6.07, 6.45) is 5.97. The van der Waals surface area contributed by atoms with Gasteiger partial charge in [-0.25, -0.2) is 0 Å². The number of aliphatic hydroxyl groups is 1. The molecule has 6 heteroatoms. The molecule has 2 aliphatic rings. The Balaban J connectivity index is 0.00000102. The van der Waals surface area contributed by atoms with Gasteiger partial charge in [0.05, 0.1) is 17.1 Å². The van der Waals surface area contributed by atoms with Crippen LogP contribution >= 0.6 is 23.2 Å². The molecule has 0 spiro atoms. The molecule has 1 aliphatic heterocycles. The van der Waals surface area contributed by atoms with Crippen molar-refractivity contribution >= 4 is 40.6 Å². The number of hydrogen-bond acceptors (Lipinski definition) is 3. The lowest BCUT2D eigenvalue weighted by atomic mass is 9.88. The minimum Gasteiger partial charge on any atom is -0.375 e. The van der Waals surface area contributed by atoms with Gasteiger partial charge in [-0.3, -0.25) is 9.59 Å². The zero-order valence-corrected chi connectivity index (χ0v) is 23.8. The van der Waals surface area contributed by atoms with Crippen LogP contribution in [0.1, 0.15) is 102 Å². The molecular weight excluding hydrogens is 481 g/mol. The van der Waals surface area contributed by atoms with E-state index in [1.54, 1.807) is 12.1 Å². The van der Waals surface area contributed by atoms with Gasteiger partial charge in [0, 0.05) is 16.1 Å². The number of hydrogen-bond donors (Lipinski definition) is 2. The van der Waals surface area contributed by atoms with Gasteiger partial charge in [-0.2, -0.15) is 0 Å². The minimum absolute atomic E-state index is 0.162. The number of carbonyl (C=O) groups is 2. The second-order valence-electron chi connectivity index (χ2n) is 7.26. The summed E-state index contributed by atoms with van der Waals surface area (Å²) in [4.78, 5) is 25.0. The average Bonchev–Trinajstić information content (AvgIpc) is 3.72. The number of amides is 1. The summed E-state index contributed by atoms with van der Waals surface area (Å²) in [5.41, 5.74) is 0.0725. The molecule has 2 N–H and O–H groups in total. The van der Waals surface area contributed by atoms with Gasteiger partial charge in [-0.1, -0.05) is 101 Å². The quantitative estimate of drug-likeness (QED) is 0.311. The van der Waals surface area contributed by atoms with E-state index in [2.05, 4.69) is 5.32 Å². The second kappa shape index (κ2) is 16.5. The van der Waals surface area contributed by atoms with Crippen molar-refractivity contribution in [1.82, 2.24) is 0 Å². The molecule has 194 valence electrons. The highest BCUT2D eigenvalue weighted by atomic mass is 35.5. The zero-order chi connectivity index (χ0) is 27.2. The van der Waals surface area contributed by atoms with Crippen molar-refractivity contribution in [3.05, 3.63) is 75.3 Å². The SMILES string of the molecule is C/C=C\C.CC.CC.CC.O=C(CC1(O)C(=O)Nc2c(Cl)ccc(Cl)c21)c1ccc(C2CC2)cc1. The maximum Gasteiger partial charge on any atom is 0.261 e. The predicted octanol–water partition coefficient (Wildman–Crippen LogP) is 8.94. The molecule has 1 amide bonds. The van der Waals surface area contributed by atoms with Crippen LogP contribution in [0.5, 0.6) is 0 Å². The Bertz CT molecular complexity index is 963. The molecular formula is C29H41Cl2NO3. The van der Waals surface area contributed by atoms with E-state index in [4.69, 9.17) is 23.2 Å². The van der Waals surface area contributed by atoms with Gasteiger partial charge in [0.1, 0.15) is 0 Å². The van der Waals surface area contributed by atoms with E-state index in [1.807, 2.05) is 79.7 Å². The Morgan fingerprint density at radius 2 is 1.43 bits per heavy atom. The number of ketones is 1. The number of carbonyl (C=O) groups excluding carboxylic acids is 2. The van der Waals surface area contributed by atoms with Gasteiger partial charge in [0.2, 0.25) is 0 Å². The van der Waals surface area contributed by atoms with E-state index in [9.17, 15) is 14.7 Å². The van der Waals surface area contributed by atoms with Crippen molar-refractivity contribution in [3.63, 3.8) is 0 Å². The molecule has 4 nitrogen and oxygen atoms in total. The molecule has 1 atom stereocenters. The van der Waals surface area contributed by atoms with Crippen LogP contribution in [0.15, 0.2) is 48.6 Å². The van der Waals surface area contributed by atoms with E-state index < -0.39 is 17.9 Å². The fourth-order valence-electron chi connectivity index (χ4n) is 3.27. The monoisotopic (exact) mass is 521 g/mol. The minimum atomic E-state index is -2.02. The van der Waals surface area contributed by atoms with Crippen molar-refractivity contribution in [2.75, 3.05) is 5.32 Å². The third kappa shape index (κ3) is 8.49. The number of anilines is 1. The molecule has 35 heavy (non-hydrogen) atoms. The summed E-state index contributed by atoms with van der Waals surface area (Å²) in [5.74, 6) is -0.425. The third-order valence-corrected chi connectivity index (χ3v) is 5.79. The first kappa shape index (κ1) is 32.9. The molecule has 1 heterocycles. The Hall–Kier alpha value is -2.14. The van der Waals surface area contributed by atoms with Gasteiger partial charge in [-0.05, 0) is 50.3 Å². The first-order valence-electron chi connectivity index (χ1n) is 12.5. The normalized spacial score (nSPS) is 17.2. The van der Waals surface area contributed by atoms with Crippen LogP contribution < -0.4 is 5.32 Å². The molecule has 0 aromatic heterocycles. The molecule has 0 radical (unpaired) electrons. The first-order chi connectivity index (χ1) is 16.8. The maximum absolute atomic E-state index is 12.6. The third-order valence-electron chi connectivity index (χ3n) is 5.16. The van der Waals surface area contributed by atoms with Crippen molar-refractivity contribution in [1.29, 1.82) is 0 Å². The van der Waals surface area contributed by atoms with Crippen molar-refractivity contribution < 1.29 is 14.7 Å². The molecule has 1 aliphatic carbocycles. The lowest BCUT2D eigenvalue weighted by Crippen LogP contribution is -2.36. The van der Waals surface area contributed by atoms with Crippen LogP contribution in [0.25, 0.3) is 0 Å². The molecule has 1 saturated carbocycles. The number of fused-ring (bicyclic) bond motifs is 1. The number of benzene rings is 2. The largest absolute Gasteiger partial charge is 0.375 e. The molecule has 2 aromatic rings. The highest BCUT2D eigenvalue weighted by Gasteiger charge is 2.49. The number of allylic oxidation sites excluding steroid dienone is 2. The molecule has 1 fully saturated rings. The first-order valence-corrected chi connectivity index (χ1v) is 13.3. The number of rotatable bonds is 4. The summed E-state index contributed by atoms with van der Waals surface area (Å²) < 4.78 is 0. The Morgan fingerprint density at radius 1 is 0.943 bits per heavy atom. The van der Waals surface area contributed by atoms with Gasteiger partial charge < -0.3 is 10.4 Å². The van der Waals surface area contributed by atoms with E-state index in [-0.39, 0.29) is 27.1 Å². The molecule has 0 saturated heterocycles. The summed E-state index contributed by atoms with van der Waals surface area (Å²) >= 11 is 12.2. The summed E-state index contributed by atoms with van der Waals surface area (Å²) in [5, 5.41) is 13.9. The van der Waals surface area contributed by atoms with Gasteiger partial charge >= 0.3 is 0 Å². The van der Waals surface area contributed by atoms with Crippen LogP contribution in [0.2, 0.25) is 10.0 Å². The summed E-state index contributed by atoms with van der Waals surface area (Å²) in [6, 6.07) is 10.4. The molecule has 1 unspecified atom stereocenters. The highest BCUT2D eigenvalue weighted by Crippen LogP contribution is 2.46. The fraction of sp³-hybridized carbons (Fsp3) is 0.448. The van der Waals surface area contributed by atoms with Gasteiger partial charge in [0.25, 0.3) is 5.91 Å². The van der Waals surface area contributed by atoms with E-state index in [0.29, 0.717) is 11.5 Å². The van der Waals surface area contributed by atoms with Crippen LogP contribution in [-0.4, -0.2) is 16.8 Å². The van der Waals surface area contributed by atoms with Crippen LogP contribution in [0, 0.1) is 0 Å². The van der Waals surface area contributed by atoms with Crippen molar-refractivity contribution in [3.8, 4) is 0 Å². The molecule has 0 bridgehead atoms. The Morgan fingerprint density at radius 3 is 1.89 bits per heavy atom. The van der Waals surface area contributed by atoms with E-state index >= 15 is 0 Å². The van der Waals surface area contributed by atoms with Crippen LogP contribution in [-0.2, 0) is 10.4 Å². The predicted molar refractivity (Wildman–Crippen MR) is 151 cm³/mol. The average molecular weight is 523 g/mol. The molecule has 4 rings (SSSR count). The Kier molecular flexibility index (Phi) is 15.5. The zero-order valence-electron chi connectivity index (χ0n) is 22.3. The standard InChI is InChI=1S/C19H15Cl2NO3.C4H8.3C2H6/c20-13-7-8-14(21)17-16(13)19(25,18(24)22-17)9-15(23)12-5-3-11(4-6-12)10-1-2-10;1-3-4-2;3*1-2/h3-8,10,25H,1-2,9H2,(H,22,24);3-4H,1-2H3;3*1-2H3/b;4-3-;;;. The number of Topliss-reactive ketones (excluding diaryl/α,β-unsaturated/α-hetero) is 1. The summed E-state index contributed by atoms with van der Waals surface area (Å²) in [7, 11) is 0. The van der Waals surface area contributed by atoms with Gasteiger partial charge in [-0.15, -0.1) is 0 Å².